The fraction of sp³-hybridized carbons (Fsp3) is 0.0571. The number of hydrogen-bond donors (Lipinski definition) is 1. The topological polar surface area (TPSA) is 67.9 Å². The molecular formula is C35H27N5. The Bertz CT molecular complexity index is 1940. The molecule has 2 N–H and O–H groups in total. The zero-order valence-electron chi connectivity index (χ0n) is 22.1. The van der Waals surface area contributed by atoms with Gasteiger partial charge in [0.1, 0.15) is 0 Å². The van der Waals surface area contributed by atoms with Crippen LogP contribution in [0, 0.1) is 0 Å². The van der Waals surface area contributed by atoms with Gasteiger partial charge in [-0.2, -0.15) is 0 Å². The number of benzene rings is 4. The van der Waals surface area contributed by atoms with Gasteiger partial charge in [-0.05, 0) is 31.2 Å². The second kappa shape index (κ2) is 9.79. The summed E-state index contributed by atoms with van der Waals surface area (Å²) < 4.78 is 0. The van der Waals surface area contributed by atoms with Crippen LogP contribution in [-0.2, 0) is 0 Å². The summed E-state index contributed by atoms with van der Waals surface area (Å²) >= 11 is 0. The third-order valence-electron chi connectivity index (χ3n) is 7.39. The number of allylic oxidation sites excluding steroid dienone is 2. The molecule has 0 spiro atoms. The monoisotopic (exact) mass is 517 g/mol. The van der Waals surface area contributed by atoms with Crippen molar-refractivity contribution < 1.29 is 0 Å². The molecule has 7 rings (SSSR count). The minimum atomic E-state index is 0.134. The first-order chi connectivity index (χ1) is 19.7. The molecule has 1 aliphatic rings. The van der Waals surface area contributed by atoms with E-state index in [1.54, 1.807) is 0 Å². The second-order valence-electron chi connectivity index (χ2n) is 9.97. The number of nitrogen functional groups attached to an aromatic ring is 1. The number of rotatable bonds is 4. The van der Waals surface area contributed by atoms with Gasteiger partial charge in [0.25, 0.3) is 0 Å². The molecular weight excluding hydrogens is 490 g/mol. The summed E-state index contributed by atoms with van der Waals surface area (Å²) in [7, 11) is 0. The lowest BCUT2D eigenvalue weighted by molar-refractivity contribution is 0.849. The number of aromatic nitrogens is 3. The van der Waals surface area contributed by atoms with Gasteiger partial charge in [0.15, 0.2) is 5.82 Å². The van der Waals surface area contributed by atoms with Gasteiger partial charge in [0.05, 0.1) is 33.8 Å². The van der Waals surface area contributed by atoms with Crippen LogP contribution in [0.5, 0.6) is 0 Å². The van der Waals surface area contributed by atoms with Gasteiger partial charge in [0.2, 0.25) is 0 Å². The van der Waals surface area contributed by atoms with Crippen molar-refractivity contribution in [3.05, 3.63) is 128 Å². The Morgan fingerprint density at radius 2 is 1.30 bits per heavy atom. The Morgan fingerprint density at radius 3 is 2.10 bits per heavy atom. The number of fused-ring (bicyclic) bond motifs is 2. The molecule has 0 bridgehead atoms. The summed E-state index contributed by atoms with van der Waals surface area (Å²) in [5.41, 5.74) is 14.9. The molecule has 1 atom stereocenters. The molecule has 0 saturated heterocycles. The van der Waals surface area contributed by atoms with Crippen LogP contribution in [0.4, 0.5) is 11.4 Å². The normalized spacial score (nSPS) is 14.7. The van der Waals surface area contributed by atoms with E-state index >= 15 is 0 Å². The summed E-state index contributed by atoms with van der Waals surface area (Å²) in [6, 6.07) is 34.9. The van der Waals surface area contributed by atoms with Gasteiger partial charge in [-0.1, -0.05) is 97.1 Å². The van der Waals surface area contributed by atoms with Gasteiger partial charge in [-0.3, -0.25) is 0 Å². The van der Waals surface area contributed by atoms with E-state index in [0.29, 0.717) is 11.5 Å². The molecule has 6 aromatic rings. The zero-order chi connectivity index (χ0) is 27.1. The largest absolute Gasteiger partial charge is 0.396 e. The van der Waals surface area contributed by atoms with Crippen molar-refractivity contribution in [3.63, 3.8) is 0 Å². The van der Waals surface area contributed by atoms with Crippen molar-refractivity contribution in [2.75, 3.05) is 10.6 Å². The fourth-order valence-corrected chi connectivity index (χ4v) is 5.39. The van der Waals surface area contributed by atoms with Gasteiger partial charge in [0, 0.05) is 39.7 Å². The first-order valence-corrected chi connectivity index (χ1v) is 13.4. The number of pyridine rings is 1. The van der Waals surface area contributed by atoms with Crippen LogP contribution in [0.2, 0.25) is 0 Å². The number of nitrogens with zero attached hydrogens (tertiary/aromatic N) is 4. The highest BCUT2D eigenvalue weighted by Gasteiger charge is 2.23. The molecule has 3 heterocycles. The van der Waals surface area contributed by atoms with E-state index in [4.69, 9.17) is 20.7 Å². The highest BCUT2D eigenvalue weighted by atomic mass is 15.2. The highest BCUT2D eigenvalue weighted by molar-refractivity contribution is 6.03. The SMILES string of the molecule is CC1C=CC=CN1c1c(-c2cccc(-c3nc(-c4ccccc4)c4ccccc4n3)c2)nc2ccccc2c1N. The van der Waals surface area contributed by atoms with Crippen LogP contribution in [0.1, 0.15) is 6.92 Å². The molecule has 0 radical (unpaired) electrons. The molecule has 4 aromatic carbocycles. The van der Waals surface area contributed by atoms with E-state index < -0.39 is 0 Å². The predicted molar refractivity (Wildman–Crippen MR) is 166 cm³/mol. The van der Waals surface area contributed by atoms with Gasteiger partial charge in [-0.15, -0.1) is 0 Å². The van der Waals surface area contributed by atoms with Gasteiger partial charge >= 0.3 is 0 Å². The Labute approximate surface area is 233 Å². The number of hydrogen-bond acceptors (Lipinski definition) is 5. The van der Waals surface area contributed by atoms with E-state index in [9.17, 15) is 0 Å². The molecule has 0 fully saturated rings. The second-order valence-corrected chi connectivity index (χ2v) is 9.97. The first kappa shape index (κ1) is 23.8. The van der Waals surface area contributed by atoms with Crippen molar-refractivity contribution in [1.29, 1.82) is 0 Å². The Kier molecular flexibility index (Phi) is 5.82. The molecule has 0 aliphatic carbocycles. The lowest BCUT2D eigenvalue weighted by atomic mass is 10.0. The van der Waals surface area contributed by atoms with E-state index in [1.807, 2.05) is 72.8 Å². The van der Waals surface area contributed by atoms with Crippen molar-refractivity contribution in [1.82, 2.24) is 15.0 Å². The van der Waals surface area contributed by atoms with Crippen LogP contribution in [0.25, 0.3) is 55.7 Å². The van der Waals surface area contributed by atoms with Crippen molar-refractivity contribution in [3.8, 4) is 33.9 Å². The molecule has 0 amide bonds. The molecule has 1 aliphatic heterocycles. The van der Waals surface area contributed by atoms with E-state index in [-0.39, 0.29) is 6.04 Å². The maximum Gasteiger partial charge on any atom is 0.160 e. The van der Waals surface area contributed by atoms with Crippen LogP contribution >= 0.6 is 0 Å². The average Bonchev–Trinajstić information content (AvgIpc) is 3.01. The molecule has 40 heavy (non-hydrogen) atoms. The molecule has 1 unspecified atom stereocenters. The predicted octanol–water partition coefficient (Wildman–Crippen LogP) is 8.04. The minimum Gasteiger partial charge on any atom is -0.396 e. The summed E-state index contributed by atoms with van der Waals surface area (Å²) in [4.78, 5) is 17.4. The third kappa shape index (κ3) is 4.09. The Hall–Kier alpha value is -5.29. The summed E-state index contributed by atoms with van der Waals surface area (Å²) in [5.74, 6) is 0.670. The van der Waals surface area contributed by atoms with Crippen molar-refractivity contribution in [2.24, 2.45) is 0 Å². The maximum absolute atomic E-state index is 6.88. The molecule has 192 valence electrons. The fourth-order valence-electron chi connectivity index (χ4n) is 5.39. The number of nitrogens with two attached hydrogens (primary N) is 1. The van der Waals surface area contributed by atoms with Crippen molar-refractivity contribution in [2.45, 2.75) is 13.0 Å². The van der Waals surface area contributed by atoms with E-state index in [0.717, 1.165) is 55.6 Å². The number of para-hydroxylation sites is 2. The quantitative estimate of drug-likeness (QED) is 0.256. The average molecular weight is 518 g/mol. The summed E-state index contributed by atoms with van der Waals surface area (Å²) in [6.45, 7) is 2.16. The van der Waals surface area contributed by atoms with E-state index in [2.05, 4.69) is 66.6 Å². The third-order valence-corrected chi connectivity index (χ3v) is 7.39. The van der Waals surface area contributed by atoms with Crippen LogP contribution < -0.4 is 10.6 Å². The maximum atomic E-state index is 6.88. The molecule has 5 heteroatoms. The smallest absolute Gasteiger partial charge is 0.160 e. The van der Waals surface area contributed by atoms with Crippen LogP contribution in [0.15, 0.2) is 128 Å². The molecule has 0 saturated carbocycles. The molecule has 5 nitrogen and oxygen atoms in total. The number of anilines is 2. The highest BCUT2D eigenvalue weighted by Crippen LogP contribution is 2.41. The van der Waals surface area contributed by atoms with Crippen LogP contribution in [0.3, 0.4) is 0 Å². The van der Waals surface area contributed by atoms with Crippen molar-refractivity contribution >= 4 is 33.2 Å². The standard InChI is InChI=1S/C35H27N5/c1-23-12-9-10-21-40(23)34-31(36)27-17-5-7-19-29(27)37-33(34)25-15-11-16-26(22-25)35-38-30-20-8-6-18-28(30)32(39-35)24-13-3-2-4-14-24/h2-23H,1H3,(H2,36,37). The summed E-state index contributed by atoms with van der Waals surface area (Å²) in [6.07, 6.45) is 8.32. The Balaban J connectivity index is 1.43. The lowest BCUT2D eigenvalue weighted by Crippen LogP contribution is -2.29. The molecule has 2 aromatic heterocycles. The van der Waals surface area contributed by atoms with E-state index in [1.165, 1.54) is 0 Å². The Morgan fingerprint density at radius 1 is 0.625 bits per heavy atom. The first-order valence-electron chi connectivity index (χ1n) is 13.4. The summed E-state index contributed by atoms with van der Waals surface area (Å²) in [5, 5.41) is 1.97. The van der Waals surface area contributed by atoms with Crippen LogP contribution in [-0.4, -0.2) is 21.0 Å². The minimum absolute atomic E-state index is 0.134. The van der Waals surface area contributed by atoms with Gasteiger partial charge < -0.3 is 10.6 Å². The lowest BCUT2D eigenvalue weighted by Gasteiger charge is -2.31. The zero-order valence-corrected chi connectivity index (χ0v) is 22.1. The van der Waals surface area contributed by atoms with Gasteiger partial charge in [-0.25, -0.2) is 15.0 Å².